The lowest BCUT2D eigenvalue weighted by molar-refractivity contribution is 0.409. The predicted molar refractivity (Wildman–Crippen MR) is 48.8 cm³/mol. The fourth-order valence-electron chi connectivity index (χ4n) is 0.982. The first-order valence-corrected chi connectivity index (χ1v) is 3.77. The van der Waals surface area contributed by atoms with E-state index in [0.717, 1.165) is 0 Å². The van der Waals surface area contributed by atoms with Crippen LogP contribution in [0.3, 0.4) is 0 Å². The third kappa shape index (κ3) is 1.28. The van der Waals surface area contributed by atoms with Crippen molar-refractivity contribution in [3.8, 4) is 11.5 Å². The van der Waals surface area contributed by atoms with Crippen molar-refractivity contribution < 1.29 is 9.84 Å². The van der Waals surface area contributed by atoms with Crippen LogP contribution < -0.4 is 10.5 Å². The van der Waals surface area contributed by atoms with Crippen LogP contribution >= 0.6 is 11.6 Å². The number of aromatic hydroxyl groups is 1. The van der Waals surface area contributed by atoms with Crippen LogP contribution in [-0.2, 0) is 0 Å². The number of methoxy groups -OCH3 is 1. The Kier molecular flexibility index (Phi) is 2.33. The van der Waals surface area contributed by atoms with Crippen molar-refractivity contribution in [2.45, 2.75) is 6.92 Å². The van der Waals surface area contributed by atoms with Gasteiger partial charge in [-0.3, -0.25) is 0 Å². The second-order valence-electron chi connectivity index (χ2n) is 2.48. The Balaban J connectivity index is 3.40. The SMILES string of the molecule is COc1c(N)cc(C)c(O)c1Cl. The lowest BCUT2D eigenvalue weighted by atomic mass is 10.2. The first-order chi connectivity index (χ1) is 5.57. The van der Waals surface area contributed by atoms with Gasteiger partial charge in [-0.15, -0.1) is 0 Å². The molecule has 0 saturated heterocycles. The van der Waals surface area contributed by atoms with Gasteiger partial charge in [0.25, 0.3) is 0 Å². The third-order valence-electron chi connectivity index (χ3n) is 1.62. The number of nitrogens with two attached hydrogens (primary N) is 1. The number of hydrogen-bond acceptors (Lipinski definition) is 3. The van der Waals surface area contributed by atoms with Gasteiger partial charge in [0.15, 0.2) is 5.75 Å². The lowest BCUT2D eigenvalue weighted by Crippen LogP contribution is -1.94. The number of hydrogen-bond donors (Lipinski definition) is 2. The largest absolute Gasteiger partial charge is 0.506 e. The van der Waals surface area contributed by atoms with Crippen LogP contribution in [0.2, 0.25) is 5.02 Å². The van der Waals surface area contributed by atoms with Gasteiger partial charge in [-0.2, -0.15) is 0 Å². The molecule has 1 aromatic carbocycles. The van der Waals surface area contributed by atoms with Gasteiger partial charge < -0.3 is 15.6 Å². The van der Waals surface area contributed by atoms with Crippen molar-refractivity contribution in [3.05, 3.63) is 16.7 Å². The van der Waals surface area contributed by atoms with E-state index >= 15 is 0 Å². The van der Waals surface area contributed by atoms with Crippen LogP contribution in [0.1, 0.15) is 5.56 Å². The molecule has 0 heterocycles. The van der Waals surface area contributed by atoms with Crippen LogP contribution in [0.5, 0.6) is 11.5 Å². The molecule has 0 aliphatic heterocycles. The molecule has 66 valence electrons. The highest BCUT2D eigenvalue weighted by atomic mass is 35.5. The second kappa shape index (κ2) is 3.11. The van der Waals surface area contributed by atoms with E-state index < -0.39 is 0 Å². The van der Waals surface area contributed by atoms with Gasteiger partial charge in [0.1, 0.15) is 10.8 Å². The molecule has 4 heteroatoms. The van der Waals surface area contributed by atoms with E-state index in [0.29, 0.717) is 17.0 Å². The summed E-state index contributed by atoms with van der Waals surface area (Å²) < 4.78 is 4.89. The Morgan fingerprint density at radius 3 is 2.67 bits per heavy atom. The van der Waals surface area contributed by atoms with Gasteiger partial charge in [-0.25, -0.2) is 0 Å². The van der Waals surface area contributed by atoms with Crippen LogP contribution in [0.15, 0.2) is 6.07 Å². The van der Waals surface area contributed by atoms with Crippen molar-refractivity contribution in [2.24, 2.45) is 0 Å². The summed E-state index contributed by atoms with van der Waals surface area (Å²) in [6, 6.07) is 1.61. The summed E-state index contributed by atoms with van der Waals surface area (Å²) in [5.74, 6) is 0.336. The minimum absolute atomic E-state index is 0.0164. The van der Waals surface area contributed by atoms with Gasteiger partial charge >= 0.3 is 0 Å². The Morgan fingerprint density at radius 1 is 1.58 bits per heavy atom. The summed E-state index contributed by atoms with van der Waals surface area (Å²) >= 11 is 5.75. The molecule has 0 aromatic heterocycles. The first kappa shape index (κ1) is 9.00. The minimum atomic E-state index is 0.0164. The smallest absolute Gasteiger partial charge is 0.164 e. The highest BCUT2D eigenvalue weighted by Crippen LogP contribution is 2.40. The number of benzene rings is 1. The predicted octanol–water partition coefficient (Wildman–Crippen LogP) is 1.94. The van der Waals surface area contributed by atoms with Crippen molar-refractivity contribution in [1.29, 1.82) is 0 Å². The first-order valence-electron chi connectivity index (χ1n) is 3.39. The zero-order chi connectivity index (χ0) is 9.30. The average molecular weight is 188 g/mol. The molecule has 0 atom stereocenters. The second-order valence-corrected chi connectivity index (χ2v) is 2.86. The van der Waals surface area contributed by atoms with E-state index in [1.54, 1.807) is 13.0 Å². The number of aryl methyl sites for hydroxylation is 1. The highest BCUT2D eigenvalue weighted by Gasteiger charge is 2.12. The van der Waals surface area contributed by atoms with Gasteiger partial charge in [-0.1, -0.05) is 11.6 Å². The molecule has 0 fully saturated rings. The molecule has 0 saturated carbocycles. The van der Waals surface area contributed by atoms with Crippen LogP contribution in [0.25, 0.3) is 0 Å². The van der Waals surface area contributed by atoms with Crippen LogP contribution in [0.4, 0.5) is 5.69 Å². The van der Waals surface area contributed by atoms with E-state index in [2.05, 4.69) is 0 Å². The van der Waals surface area contributed by atoms with Gasteiger partial charge in [0, 0.05) is 0 Å². The number of phenols is 1. The summed E-state index contributed by atoms with van der Waals surface area (Å²) in [4.78, 5) is 0. The molecule has 0 aliphatic rings. The molecular weight excluding hydrogens is 178 g/mol. The Hall–Kier alpha value is -1.09. The van der Waals surface area contributed by atoms with Crippen molar-refractivity contribution in [2.75, 3.05) is 12.8 Å². The lowest BCUT2D eigenvalue weighted by Gasteiger charge is -2.09. The quantitative estimate of drug-likeness (QED) is 0.522. The number of nitrogen functional groups attached to an aromatic ring is 1. The molecule has 0 spiro atoms. The number of rotatable bonds is 1. The molecule has 0 aliphatic carbocycles. The van der Waals surface area contributed by atoms with E-state index in [4.69, 9.17) is 22.1 Å². The number of halogens is 1. The standard InChI is InChI=1S/C8H10ClNO2/c1-4-3-5(10)8(12-2)6(9)7(4)11/h3,11H,10H2,1-2H3. The molecule has 12 heavy (non-hydrogen) atoms. The van der Waals surface area contributed by atoms with Gasteiger partial charge in [0.2, 0.25) is 0 Å². The molecule has 0 bridgehead atoms. The maximum absolute atomic E-state index is 9.38. The Labute approximate surface area is 75.7 Å². The van der Waals surface area contributed by atoms with Crippen molar-refractivity contribution in [1.82, 2.24) is 0 Å². The van der Waals surface area contributed by atoms with Gasteiger partial charge in [0.05, 0.1) is 12.8 Å². The van der Waals surface area contributed by atoms with Crippen molar-refractivity contribution in [3.63, 3.8) is 0 Å². The topological polar surface area (TPSA) is 55.5 Å². The molecule has 1 aromatic rings. The highest BCUT2D eigenvalue weighted by molar-refractivity contribution is 6.34. The maximum Gasteiger partial charge on any atom is 0.164 e. The summed E-state index contributed by atoms with van der Waals surface area (Å²) in [5.41, 5.74) is 6.65. The third-order valence-corrected chi connectivity index (χ3v) is 1.97. The summed E-state index contributed by atoms with van der Waals surface area (Å²) in [6.45, 7) is 1.72. The summed E-state index contributed by atoms with van der Waals surface area (Å²) in [5, 5.41) is 9.54. The van der Waals surface area contributed by atoms with E-state index in [1.807, 2.05) is 0 Å². The number of ether oxygens (including phenoxy) is 1. The summed E-state index contributed by atoms with van der Waals surface area (Å²) in [7, 11) is 1.45. The van der Waals surface area contributed by atoms with E-state index in [1.165, 1.54) is 7.11 Å². The molecule has 3 N–H and O–H groups in total. The molecule has 1 rings (SSSR count). The van der Waals surface area contributed by atoms with E-state index in [9.17, 15) is 5.11 Å². The van der Waals surface area contributed by atoms with Crippen LogP contribution in [0, 0.1) is 6.92 Å². The zero-order valence-corrected chi connectivity index (χ0v) is 7.64. The fourth-order valence-corrected chi connectivity index (χ4v) is 1.32. The van der Waals surface area contributed by atoms with Crippen LogP contribution in [-0.4, -0.2) is 12.2 Å². The monoisotopic (exact) mass is 187 g/mol. The molecule has 0 amide bonds. The molecular formula is C8H10ClNO2. The molecule has 3 nitrogen and oxygen atoms in total. The zero-order valence-electron chi connectivity index (χ0n) is 6.89. The normalized spacial score (nSPS) is 9.92. The molecule has 0 radical (unpaired) electrons. The average Bonchev–Trinajstić information content (AvgIpc) is 2.01. The maximum atomic E-state index is 9.38. The fraction of sp³-hybridized carbons (Fsp3) is 0.250. The summed E-state index contributed by atoms with van der Waals surface area (Å²) in [6.07, 6.45) is 0. The minimum Gasteiger partial charge on any atom is -0.506 e. The Bertz CT molecular complexity index is 312. The molecule has 0 unspecified atom stereocenters. The number of anilines is 1. The van der Waals surface area contributed by atoms with E-state index in [-0.39, 0.29) is 10.8 Å². The van der Waals surface area contributed by atoms with Crippen molar-refractivity contribution >= 4 is 17.3 Å². The Morgan fingerprint density at radius 2 is 2.17 bits per heavy atom. The van der Waals surface area contributed by atoms with Gasteiger partial charge in [-0.05, 0) is 18.6 Å². The number of phenolic OH excluding ortho intramolecular Hbond substituents is 1.